The van der Waals surface area contributed by atoms with Crippen LogP contribution in [0.15, 0.2) is 28.0 Å². The van der Waals surface area contributed by atoms with Gasteiger partial charge in [-0.3, -0.25) is 4.55 Å². The van der Waals surface area contributed by atoms with E-state index in [9.17, 15) is 13.0 Å². The van der Waals surface area contributed by atoms with Crippen molar-refractivity contribution in [2.24, 2.45) is 5.73 Å². The van der Waals surface area contributed by atoms with Crippen molar-refractivity contribution in [1.82, 2.24) is 15.0 Å². The van der Waals surface area contributed by atoms with Gasteiger partial charge in [0.05, 0.1) is 24.3 Å². The van der Waals surface area contributed by atoms with Gasteiger partial charge in [0.25, 0.3) is 10.1 Å². The van der Waals surface area contributed by atoms with Crippen LogP contribution in [-0.2, 0) is 19.5 Å². The summed E-state index contributed by atoms with van der Waals surface area (Å²) in [6, 6.07) is 3.72. The molecule has 1 heterocycles. The zero-order valence-electron chi connectivity index (χ0n) is 14.8. The van der Waals surface area contributed by atoms with Gasteiger partial charge in [0.15, 0.2) is 0 Å². The monoisotopic (exact) mass is 449 g/mol. The van der Waals surface area contributed by atoms with E-state index in [2.05, 4.69) is 40.3 Å². The number of aliphatic hydroxyl groups excluding tert-OH is 1. The van der Waals surface area contributed by atoms with Crippen LogP contribution in [0.1, 0.15) is 0 Å². The molecule has 0 radical (unpaired) electrons. The quantitative estimate of drug-likeness (QED) is 0.0987. The minimum atomic E-state index is -4.58. The maximum absolute atomic E-state index is 11.7. The highest BCUT2D eigenvalue weighted by atomic mass is 32.2. The van der Waals surface area contributed by atoms with E-state index < -0.39 is 15.0 Å². The van der Waals surface area contributed by atoms with Crippen molar-refractivity contribution in [2.45, 2.75) is 9.79 Å². The largest absolute Gasteiger partial charge is 0.395 e. The number of hydrogen-bond acceptors (Lipinski definition) is 14. The van der Waals surface area contributed by atoms with Crippen LogP contribution in [0.4, 0.5) is 23.5 Å². The smallest absolute Gasteiger partial charge is 0.296 e. The molecule has 1 aromatic heterocycles. The maximum Gasteiger partial charge on any atom is 0.296 e. The highest BCUT2D eigenvalue weighted by Crippen LogP contribution is 2.30. The summed E-state index contributed by atoms with van der Waals surface area (Å²) in [5, 5.41) is 29.0. The Labute approximate surface area is 169 Å². The summed E-state index contributed by atoms with van der Waals surface area (Å²) < 4.78 is 37.1. The molecular formula is C13H19N7O7S2. The van der Waals surface area contributed by atoms with E-state index in [0.29, 0.717) is 30.0 Å². The molecule has 2 rings (SSSR count). The third-order valence-corrected chi connectivity index (χ3v) is 4.58. The lowest BCUT2D eigenvalue weighted by Gasteiger charge is -2.13. The SMILES string of the molecule is NCCNc1nc(NCCO)nc(Nc2cc(SOOO)ccc2S(=O)(=O)O)n1. The van der Waals surface area contributed by atoms with Crippen molar-refractivity contribution >= 4 is 45.7 Å². The van der Waals surface area contributed by atoms with E-state index in [1.165, 1.54) is 12.1 Å². The molecule has 0 aliphatic carbocycles. The van der Waals surface area contributed by atoms with Crippen LogP contribution in [0, 0.1) is 0 Å². The molecule has 16 heteroatoms. The highest BCUT2D eigenvalue weighted by Gasteiger charge is 2.18. The van der Waals surface area contributed by atoms with Crippen LogP contribution >= 0.6 is 12.0 Å². The molecule has 14 nitrogen and oxygen atoms in total. The van der Waals surface area contributed by atoms with Crippen LogP contribution in [0.5, 0.6) is 0 Å². The number of nitrogens with one attached hydrogen (secondary N) is 3. The molecule has 0 fully saturated rings. The van der Waals surface area contributed by atoms with Crippen molar-refractivity contribution in [1.29, 1.82) is 0 Å². The number of nitrogens with zero attached hydrogens (tertiary/aromatic N) is 3. The average molecular weight is 449 g/mol. The Hall–Kier alpha value is -2.31. The van der Waals surface area contributed by atoms with Crippen molar-refractivity contribution in [3.8, 4) is 0 Å². The molecule has 0 atom stereocenters. The van der Waals surface area contributed by atoms with E-state index >= 15 is 0 Å². The first-order valence-electron chi connectivity index (χ1n) is 7.95. The summed E-state index contributed by atoms with van der Waals surface area (Å²) in [7, 11) is -4.58. The highest BCUT2D eigenvalue weighted by molar-refractivity contribution is 7.94. The predicted octanol–water partition coefficient (Wildman–Crippen LogP) is 0.0650. The molecule has 0 unspecified atom stereocenters. The predicted molar refractivity (Wildman–Crippen MR) is 103 cm³/mol. The lowest BCUT2D eigenvalue weighted by molar-refractivity contribution is -0.432. The van der Waals surface area contributed by atoms with E-state index in [-0.39, 0.29) is 36.7 Å². The molecule has 2 aromatic rings. The standard InChI is InChI=1S/C13H19N7O7S2/c14-3-4-15-11-18-12(16-5-6-21)20-13(19-11)17-9-7-8(28-27-26-22)1-2-10(9)29(23,24)25/h1-2,7,21-22H,3-6,14H2,(H,23,24,25)(H3,15,16,17,18,19,20). The van der Waals surface area contributed by atoms with Crippen LogP contribution < -0.4 is 21.7 Å². The van der Waals surface area contributed by atoms with Gasteiger partial charge in [0.1, 0.15) is 4.90 Å². The molecule has 29 heavy (non-hydrogen) atoms. The van der Waals surface area contributed by atoms with E-state index in [4.69, 9.17) is 16.1 Å². The Morgan fingerprint density at radius 3 is 2.34 bits per heavy atom. The molecule has 160 valence electrons. The lowest BCUT2D eigenvalue weighted by Crippen LogP contribution is -2.17. The van der Waals surface area contributed by atoms with Gasteiger partial charge in [0, 0.05) is 24.5 Å². The van der Waals surface area contributed by atoms with Gasteiger partial charge < -0.3 is 26.8 Å². The zero-order valence-corrected chi connectivity index (χ0v) is 16.4. The number of aliphatic hydroxyl groups is 1. The third kappa shape index (κ3) is 7.22. The zero-order chi connectivity index (χ0) is 21.3. The minimum absolute atomic E-state index is 0.0636. The van der Waals surface area contributed by atoms with Gasteiger partial charge in [-0.25, -0.2) is 5.26 Å². The summed E-state index contributed by atoms with van der Waals surface area (Å²) in [4.78, 5) is 12.2. The number of rotatable bonds is 12. The number of hydrogen-bond donors (Lipinski definition) is 7. The third-order valence-electron chi connectivity index (χ3n) is 3.09. The molecule has 0 saturated carbocycles. The van der Waals surface area contributed by atoms with Gasteiger partial charge in [-0.15, -0.1) is 4.33 Å². The fourth-order valence-electron chi connectivity index (χ4n) is 2.00. The summed E-state index contributed by atoms with van der Waals surface area (Å²) in [5.41, 5.74) is 5.37. The van der Waals surface area contributed by atoms with Crippen molar-refractivity contribution in [2.75, 3.05) is 42.2 Å². The number of aromatic nitrogens is 3. The molecule has 0 spiro atoms. The Morgan fingerprint density at radius 1 is 1.10 bits per heavy atom. The van der Waals surface area contributed by atoms with E-state index in [0.717, 1.165) is 6.07 Å². The molecular weight excluding hydrogens is 430 g/mol. The van der Waals surface area contributed by atoms with Gasteiger partial charge in [0.2, 0.25) is 17.8 Å². The van der Waals surface area contributed by atoms with Crippen molar-refractivity contribution in [3.63, 3.8) is 0 Å². The average Bonchev–Trinajstić information content (AvgIpc) is 2.68. The Morgan fingerprint density at radius 2 is 1.76 bits per heavy atom. The summed E-state index contributed by atoms with van der Waals surface area (Å²) in [6.07, 6.45) is 0. The normalized spacial score (nSPS) is 11.3. The first-order valence-corrected chi connectivity index (χ1v) is 10.1. The van der Waals surface area contributed by atoms with Crippen LogP contribution in [-0.4, -0.2) is 64.5 Å². The minimum Gasteiger partial charge on any atom is -0.395 e. The molecule has 0 saturated heterocycles. The number of anilines is 4. The first kappa shape index (κ1) is 23.0. The van der Waals surface area contributed by atoms with E-state index in [1.807, 2.05) is 0 Å². The van der Waals surface area contributed by atoms with Crippen molar-refractivity contribution in [3.05, 3.63) is 18.2 Å². The van der Waals surface area contributed by atoms with Gasteiger partial charge in [-0.2, -0.15) is 23.4 Å². The fraction of sp³-hybridized carbons (Fsp3) is 0.308. The molecule has 0 aliphatic heterocycles. The van der Waals surface area contributed by atoms with Crippen LogP contribution in [0.2, 0.25) is 0 Å². The molecule has 0 amide bonds. The summed E-state index contributed by atoms with van der Waals surface area (Å²) in [6.45, 7) is 0.677. The van der Waals surface area contributed by atoms with Gasteiger partial charge in [-0.1, -0.05) is 5.04 Å². The number of benzene rings is 1. The fourth-order valence-corrected chi connectivity index (χ4v) is 3.03. The molecule has 0 aliphatic rings. The second kappa shape index (κ2) is 11.0. The van der Waals surface area contributed by atoms with Crippen LogP contribution in [0.3, 0.4) is 0 Å². The Kier molecular flexibility index (Phi) is 8.73. The molecule has 0 bridgehead atoms. The number of nitrogens with two attached hydrogens (primary N) is 1. The topological polar surface area (TPSA) is 214 Å². The van der Waals surface area contributed by atoms with E-state index in [1.54, 1.807) is 0 Å². The summed E-state index contributed by atoms with van der Waals surface area (Å²) in [5.74, 6) is 0.183. The first-order chi connectivity index (χ1) is 13.9. The van der Waals surface area contributed by atoms with Gasteiger partial charge in [-0.05, 0) is 18.2 Å². The molecule has 8 N–H and O–H groups in total. The second-order valence-corrected chi connectivity index (χ2v) is 7.32. The molecule has 1 aromatic carbocycles. The van der Waals surface area contributed by atoms with Gasteiger partial charge >= 0.3 is 0 Å². The maximum atomic E-state index is 11.7. The lowest BCUT2D eigenvalue weighted by atomic mass is 10.3. The Balaban J connectivity index is 2.41. The van der Waals surface area contributed by atoms with Crippen molar-refractivity contribution < 1.29 is 32.7 Å². The van der Waals surface area contributed by atoms with Crippen LogP contribution in [0.25, 0.3) is 0 Å². The summed E-state index contributed by atoms with van der Waals surface area (Å²) >= 11 is 0.585. The second-order valence-electron chi connectivity index (χ2n) is 5.16. The Bertz CT molecular complexity index is 890.